The predicted molar refractivity (Wildman–Crippen MR) is 81.0 cm³/mol. The molecule has 0 saturated heterocycles. The van der Waals surface area contributed by atoms with Crippen LogP contribution in [0.25, 0.3) is 0 Å². The molecule has 0 fully saturated rings. The van der Waals surface area contributed by atoms with E-state index >= 15 is 0 Å². The Hall–Kier alpha value is -2.04. The van der Waals surface area contributed by atoms with Gasteiger partial charge in [-0.2, -0.15) is 0 Å². The Kier molecular flexibility index (Phi) is 6.03. The van der Waals surface area contributed by atoms with Gasteiger partial charge < -0.3 is 16.0 Å². The van der Waals surface area contributed by atoms with Crippen LogP contribution in [0.4, 0.5) is 5.69 Å². The molecule has 0 spiro atoms. The zero-order valence-electron chi connectivity index (χ0n) is 12.5. The van der Waals surface area contributed by atoms with Crippen molar-refractivity contribution in [2.45, 2.75) is 33.7 Å². The van der Waals surface area contributed by atoms with Gasteiger partial charge in [-0.05, 0) is 45.4 Å². The van der Waals surface area contributed by atoms with E-state index in [1.54, 1.807) is 13.0 Å². The number of carbonyl (C=O) groups excluding carboxylic acids is 2. The molecule has 0 heterocycles. The lowest BCUT2D eigenvalue weighted by atomic mass is 10.1. The standard InChI is InChI=1S/C15H23N3O2/c1-5-16-13-9-10(3)7-8-12(13)15(20)18-11(4)14(19)17-6-2/h7-9,11,16H,5-6H2,1-4H3,(H,17,19)(H,18,20). The topological polar surface area (TPSA) is 70.2 Å². The van der Waals surface area contributed by atoms with Crippen LogP contribution in [0, 0.1) is 6.92 Å². The lowest BCUT2D eigenvalue weighted by Crippen LogP contribution is -2.44. The van der Waals surface area contributed by atoms with Gasteiger partial charge in [0.2, 0.25) is 5.91 Å². The van der Waals surface area contributed by atoms with Gasteiger partial charge in [-0.25, -0.2) is 0 Å². The number of benzene rings is 1. The summed E-state index contributed by atoms with van der Waals surface area (Å²) in [6.07, 6.45) is 0. The van der Waals surface area contributed by atoms with Gasteiger partial charge in [0.05, 0.1) is 5.56 Å². The molecule has 0 aliphatic rings. The summed E-state index contributed by atoms with van der Waals surface area (Å²) in [5, 5.41) is 8.55. The Morgan fingerprint density at radius 3 is 2.50 bits per heavy atom. The van der Waals surface area contributed by atoms with Gasteiger partial charge >= 0.3 is 0 Å². The average molecular weight is 277 g/mol. The van der Waals surface area contributed by atoms with Crippen molar-refractivity contribution < 1.29 is 9.59 Å². The van der Waals surface area contributed by atoms with Gasteiger partial charge in [-0.15, -0.1) is 0 Å². The maximum Gasteiger partial charge on any atom is 0.254 e. The summed E-state index contributed by atoms with van der Waals surface area (Å²) in [6.45, 7) is 8.74. The smallest absolute Gasteiger partial charge is 0.254 e. The van der Waals surface area contributed by atoms with Crippen LogP contribution in [0.2, 0.25) is 0 Å². The van der Waals surface area contributed by atoms with Crippen molar-refractivity contribution in [3.63, 3.8) is 0 Å². The molecular formula is C15H23N3O2. The number of rotatable bonds is 6. The first-order valence-corrected chi connectivity index (χ1v) is 6.92. The first-order valence-electron chi connectivity index (χ1n) is 6.92. The lowest BCUT2D eigenvalue weighted by Gasteiger charge is -2.16. The fourth-order valence-corrected chi connectivity index (χ4v) is 1.86. The summed E-state index contributed by atoms with van der Waals surface area (Å²) in [4.78, 5) is 23.9. The summed E-state index contributed by atoms with van der Waals surface area (Å²) >= 11 is 0. The van der Waals surface area contributed by atoms with Crippen LogP contribution in [0.5, 0.6) is 0 Å². The molecule has 20 heavy (non-hydrogen) atoms. The molecule has 1 atom stereocenters. The molecule has 1 aromatic carbocycles. The molecule has 0 aliphatic heterocycles. The van der Waals surface area contributed by atoms with E-state index in [0.29, 0.717) is 12.1 Å². The fraction of sp³-hybridized carbons (Fsp3) is 0.467. The van der Waals surface area contributed by atoms with Gasteiger partial charge in [-0.1, -0.05) is 6.07 Å². The van der Waals surface area contributed by atoms with Crippen molar-refractivity contribution in [1.29, 1.82) is 0 Å². The van der Waals surface area contributed by atoms with E-state index in [4.69, 9.17) is 0 Å². The van der Waals surface area contributed by atoms with Crippen LogP contribution in [0.1, 0.15) is 36.7 Å². The minimum Gasteiger partial charge on any atom is -0.385 e. The summed E-state index contributed by atoms with van der Waals surface area (Å²) in [6, 6.07) is 5.02. The lowest BCUT2D eigenvalue weighted by molar-refractivity contribution is -0.122. The summed E-state index contributed by atoms with van der Waals surface area (Å²) in [5.41, 5.74) is 2.41. The monoisotopic (exact) mass is 277 g/mol. The molecule has 5 nitrogen and oxygen atoms in total. The van der Waals surface area contributed by atoms with E-state index < -0.39 is 6.04 Å². The molecule has 0 aromatic heterocycles. The predicted octanol–water partition coefficient (Wildman–Crippen LogP) is 1.68. The zero-order chi connectivity index (χ0) is 15.1. The Bertz CT molecular complexity index is 486. The zero-order valence-corrected chi connectivity index (χ0v) is 12.5. The van der Waals surface area contributed by atoms with Crippen LogP contribution in [0.3, 0.4) is 0 Å². The van der Waals surface area contributed by atoms with Gasteiger partial charge in [0.15, 0.2) is 0 Å². The quantitative estimate of drug-likeness (QED) is 0.741. The van der Waals surface area contributed by atoms with Crippen LogP contribution < -0.4 is 16.0 Å². The van der Waals surface area contributed by atoms with Crippen molar-refractivity contribution >= 4 is 17.5 Å². The Morgan fingerprint density at radius 2 is 1.90 bits per heavy atom. The van der Waals surface area contributed by atoms with Crippen LogP contribution in [0.15, 0.2) is 18.2 Å². The minimum atomic E-state index is -0.557. The van der Waals surface area contributed by atoms with Crippen molar-refractivity contribution in [2.75, 3.05) is 18.4 Å². The number of anilines is 1. The fourth-order valence-electron chi connectivity index (χ4n) is 1.86. The average Bonchev–Trinajstić information content (AvgIpc) is 2.39. The normalized spacial score (nSPS) is 11.6. The molecule has 0 bridgehead atoms. The van der Waals surface area contributed by atoms with E-state index in [9.17, 15) is 9.59 Å². The molecule has 0 saturated carbocycles. The Morgan fingerprint density at radius 1 is 1.20 bits per heavy atom. The van der Waals surface area contributed by atoms with E-state index in [-0.39, 0.29) is 11.8 Å². The molecule has 1 unspecified atom stereocenters. The first kappa shape index (κ1) is 16.0. The Balaban J connectivity index is 2.84. The van der Waals surface area contributed by atoms with Crippen LogP contribution in [-0.4, -0.2) is 30.9 Å². The summed E-state index contributed by atoms with van der Waals surface area (Å²) in [5.74, 6) is -0.433. The molecule has 110 valence electrons. The summed E-state index contributed by atoms with van der Waals surface area (Å²) in [7, 11) is 0. The molecule has 0 aliphatic carbocycles. The second-order valence-corrected chi connectivity index (χ2v) is 4.67. The molecule has 1 aromatic rings. The van der Waals surface area contributed by atoms with E-state index in [1.165, 1.54) is 0 Å². The number of amides is 2. The van der Waals surface area contributed by atoms with Crippen molar-refractivity contribution in [1.82, 2.24) is 10.6 Å². The molecule has 2 amide bonds. The van der Waals surface area contributed by atoms with Gasteiger partial charge in [0.1, 0.15) is 6.04 Å². The summed E-state index contributed by atoms with van der Waals surface area (Å²) < 4.78 is 0. The Labute approximate surface area is 120 Å². The third-order valence-corrected chi connectivity index (χ3v) is 2.88. The van der Waals surface area contributed by atoms with Crippen molar-refractivity contribution in [3.8, 4) is 0 Å². The number of hydrogen-bond donors (Lipinski definition) is 3. The molecule has 0 radical (unpaired) electrons. The number of aryl methyl sites for hydroxylation is 1. The van der Waals surface area contributed by atoms with E-state index in [0.717, 1.165) is 17.8 Å². The molecular weight excluding hydrogens is 254 g/mol. The SMILES string of the molecule is CCNC(=O)C(C)NC(=O)c1ccc(C)cc1NCC. The highest BCUT2D eigenvalue weighted by molar-refractivity contribution is 6.01. The maximum absolute atomic E-state index is 12.2. The van der Waals surface area contributed by atoms with E-state index in [2.05, 4.69) is 16.0 Å². The van der Waals surface area contributed by atoms with Crippen molar-refractivity contribution in [2.24, 2.45) is 0 Å². The second-order valence-electron chi connectivity index (χ2n) is 4.67. The van der Waals surface area contributed by atoms with Crippen molar-refractivity contribution in [3.05, 3.63) is 29.3 Å². The largest absolute Gasteiger partial charge is 0.385 e. The number of likely N-dealkylation sites (N-methyl/N-ethyl adjacent to an activating group) is 1. The molecule has 5 heteroatoms. The maximum atomic E-state index is 12.2. The highest BCUT2D eigenvalue weighted by Gasteiger charge is 2.17. The third kappa shape index (κ3) is 4.26. The number of hydrogen-bond acceptors (Lipinski definition) is 3. The van der Waals surface area contributed by atoms with E-state index in [1.807, 2.05) is 32.9 Å². The van der Waals surface area contributed by atoms with Gasteiger partial charge in [0.25, 0.3) is 5.91 Å². The molecule has 3 N–H and O–H groups in total. The van der Waals surface area contributed by atoms with Crippen LogP contribution in [-0.2, 0) is 4.79 Å². The first-order chi connectivity index (χ1) is 9.49. The second kappa shape index (κ2) is 7.53. The molecule has 1 rings (SSSR count). The highest BCUT2D eigenvalue weighted by Crippen LogP contribution is 2.17. The van der Waals surface area contributed by atoms with Gasteiger partial charge in [0, 0.05) is 18.8 Å². The minimum absolute atomic E-state index is 0.182. The number of carbonyl (C=O) groups is 2. The van der Waals surface area contributed by atoms with Crippen LogP contribution >= 0.6 is 0 Å². The van der Waals surface area contributed by atoms with Gasteiger partial charge in [-0.3, -0.25) is 9.59 Å². The third-order valence-electron chi connectivity index (χ3n) is 2.88. The highest BCUT2D eigenvalue weighted by atomic mass is 16.2. The number of nitrogens with one attached hydrogen (secondary N) is 3.